The van der Waals surface area contributed by atoms with Crippen molar-refractivity contribution in [3.05, 3.63) is 28.8 Å². The van der Waals surface area contributed by atoms with Gasteiger partial charge in [-0.1, -0.05) is 17.7 Å². The molecule has 0 saturated carbocycles. The number of carbonyl (C=O) groups excluding carboxylic acids is 1. The molecule has 0 spiro atoms. The number of amides is 2. The summed E-state index contributed by atoms with van der Waals surface area (Å²) in [4.78, 5) is 13.9. The number of nitrogens with one attached hydrogen (secondary N) is 1. The van der Waals surface area contributed by atoms with Crippen molar-refractivity contribution in [2.75, 3.05) is 25.6 Å². The maximum atomic E-state index is 12.3. The smallest absolute Gasteiger partial charge is 0.322 e. The van der Waals surface area contributed by atoms with Crippen LogP contribution >= 0.6 is 11.6 Å². The highest BCUT2D eigenvalue weighted by molar-refractivity contribution is 6.31. The molecule has 1 saturated heterocycles. The van der Waals surface area contributed by atoms with Gasteiger partial charge in [0.25, 0.3) is 0 Å². The van der Waals surface area contributed by atoms with E-state index in [0.717, 1.165) is 18.4 Å². The van der Waals surface area contributed by atoms with Gasteiger partial charge in [0.05, 0.1) is 19.3 Å². The fourth-order valence-corrected chi connectivity index (χ4v) is 2.68. The van der Waals surface area contributed by atoms with Gasteiger partial charge in [0.1, 0.15) is 0 Å². The summed E-state index contributed by atoms with van der Waals surface area (Å²) in [5.74, 6) is 0. The Hall–Kier alpha value is -1.30. The van der Waals surface area contributed by atoms with Crippen LogP contribution in [0.2, 0.25) is 5.02 Å². The second-order valence-corrected chi connectivity index (χ2v) is 5.21. The monoisotopic (exact) mass is 298 g/mol. The van der Waals surface area contributed by atoms with Crippen molar-refractivity contribution in [1.82, 2.24) is 4.90 Å². The van der Waals surface area contributed by atoms with Crippen LogP contribution in [-0.4, -0.2) is 42.3 Å². The molecular formula is C14H19ClN2O3. The van der Waals surface area contributed by atoms with Gasteiger partial charge in [-0.3, -0.25) is 0 Å². The van der Waals surface area contributed by atoms with Gasteiger partial charge in [-0.2, -0.15) is 0 Å². The van der Waals surface area contributed by atoms with E-state index in [1.807, 2.05) is 0 Å². The normalized spacial score (nSPS) is 18.4. The first kappa shape index (κ1) is 15.1. The van der Waals surface area contributed by atoms with Gasteiger partial charge in [0.15, 0.2) is 0 Å². The van der Waals surface area contributed by atoms with Crippen LogP contribution in [0.4, 0.5) is 10.5 Å². The Morgan fingerprint density at radius 3 is 3.10 bits per heavy atom. The average Bonchev–Trinajstić information content (AvgIpc) is 2.91. The van der Waals surface area contributed by atoms with Gasteiger partial charge in [-0.25, -0.2) is 4.79 Å². The van der Waals surface area contributed by atoms with Crippen molar-refractivity contribution in [2.24, 2.45) is 0 Å². The molecule has 2 amide bonds. The second-order valence-electron chi connectivity index (χ2n) is 4.80. The van der Waals surface area contributed by atoms with E-state index >= 15 is 0 Å². The molecular weight excluding hydrogens is 280 g/mol. The third-order valence-corrected chi connectivity index (χ3v) is 3.85. The Morgan fingerprint density at radius 2 is 2.40 bits per heavy atom. The summed E-state index contributed by atoms with van der Waals surface area (Å²) in [6, 6.07) is 5.03. The Bertz CT molecular complexity index is 481. The van der Waals surface area contributed by atoms with E-state index in [0.29, 0.717) is 23.9 Å². The summed E-state index contributed by atoms with van der Waals surface area (Å²) in [5, 5.41) is 12.7. The number of anilines is 1. The fraction of sp³-hybridized carbons (Fsp3) is 0.500. The Balaban J connectivity index is 2.13. The van der Waals surface area contributed by atoms with Crippen molar-refractivity contribution in [2.45, 2.75) is 25.5 Å². The number of urea groups is 1. The van der Waals surface area contributed by atoms with E-state index in [9.17, 15) is 9.90 Å². The Kier molecular flexibility index (Phi) is 5.23. The van der Waals surface area contributed by atoms with Crippen molar-refractivity contribution in [3.63, 3.8) is 0 Å². The minimum atomic E-state index is -0.207. The van der Waals surface area contributed by atoms with Crippen LogP contribution in [0, 0.1) is 0 Å². The Morgan fingerprint density at radius 1 is 1.60 bits per heavy atom. The molecule has 1 unspecified atom stereocenters. The lowest BCUT2D eigenvalue weighted by Gasteiger charge is -2.24. The molecule has 1 heterocycles. The van der Waals surface area contributed by atoms with Gasteiger partial charge in [-0.15, -0.1) is 0 Å². The summed E-state index contributed by atoms with van der Waals surface area (Å²) in [6.45, 7) is 0.990. The number of nitrogens with zero attached hydrogens (tertiary/aromatic N) is 1. The molecule has 1 aliphatic heterocycles. The van der Waals surface area contributed by atoms with Crippen molar-refractivity contribution in [3.8, 4) is 0 Å². The lowest BCUT2D eigenvalue weighted by molar-refractivity contribution is 0.166. The molecule has 5 nitrogen and oxygen atoms in total. The molecule has 0 bridgehead atoms. The standard InChI is InChI=1S/C14H19ClN2O3/c1-20-9-11-12(15)5-2-6-13(11)16-14(19)17-7-3-4-10(17)8-18/h2,5-6,10,18H,3-4,7-9H2,1H3,(H,16,19). The minimum Gasteiger partial charge on any atom is -0.394 e. The summed E-state index contributed by atoms with van der Waals surface area (Å²) >= 11 is 6.12. The first-order valence-electron chi connectivity index (χ1n) is 6.62. The number of benzene rings is 1. The molecule has 2 rings (SSSR count). The first-order valence-corrected chi connectivity index (χ1v) is 7.00. The molecule has 1 aromatic rings. The summed E-state index contributed by atoms with van der Waals surface area (Å²) in [5.41, 5.74) is 1.40. The summed E-state index contributed by atoms with van der Waals surface area (Å²) in [7, 11) is 1.58. The molecule has 20 heavy (non-hydrogen) atoms. The number of rotatable bonds is 4. The highest BCUT2D eigenvalue weighted by Gasteiger charge is 2.28. The third kappa shape index (κ3) is 3.23. The molecule has 1 aliphatic rings. The van der Waals surface area contributed by atoms with Crippen LogP contribution in [0.1, 0.15) is 18.4 Å². The van der Waals surface area contributed by atoms with E-state index in [1.165, 1.54) is 0 Å². The van der Waals surface area contributed by atoms with E-state index in [-0.39, 0.29) is 18.7 Å². The third-order valence-electron chi connectivity index (χ3n) is 3.50. The van der Waals surface area contributed by atoms with Crippen molar-refractivity contribution < 1.29 is 14.6 Å². The number of methoxy groups -OCH3 is 1. The molecule has 1 aromatic carbocycles. The van der Waals surface area contributed by atoms with Crippen LogP contribution in [0.25, 0.3) is 0 Å². The maximum absolute atomic E-state index is 12.3. The minimum absolute atomic E-state index is 0.00606. The second kappa shape index (κ2) is 6.92. The first-order chi connectivity index (χ1) is 9.67. The van der Waals surface area contributed by atoms with Crippen LogP contribution in [0.5, 0.6) is 0 Å². The number of hydrogen-bond donors (Lipinski definition) is 2. The zero-order valence-electron chi connectivity index (χ0n) is 11.4. The molecule has 0 radical (unpaired) electrons. The molecule has 6 heteroatoms. The lowest BCUT2D eigenvalue weighted by atomic mass is 10.2. The van der Waals surface area contributed by atoms with Gasteiger partial charge >= 0.3 is 6.03 Å². The molecule has 1 atom stereocenters. The van der Waals surface area contributed by atoms with E-state index in [2.05, 4.69) is 5.32 Å². The summed E-state index contributed by atoms with van der Waals surface area (Å²) < 4.78 is 5.11. The number of aliphatic hydroxyl groups is 1. The quantitative estimate of drug-likeness (QED) is 0.897. The lowest BCUT2D eigenvalue weighted by Crippen LogP contribution is -2.40. The number of carbonyl (C=O) groups is 1. The van der Waals surface area contributed by atoms with E-state index < -0.39 is 0 Å². The van der Waals surface area contributed by atoms with E-state index in [1.54, 1.807) is 30.2 Å². The number of likely N-dealkylation sites (tertiary alicyclic amines) is 1. The largest absolute Gasteiger partial charge is 0.394 e. The average molecular weight is 299 g/mol. The van der Waals surface area contributed by atoms with Gasteiger partial charge in [-0.05, 0) is 25.0 Å². The molecule has 2 N–H and O–H groups in total. The van der Waals surface area contributed by atoms with Gasteiger partial charge in [0.2, 0.25) is 0 Å². The van der Waals surface area contributed by atoms with Crippen LogP contribution in [0.3, 0.4) is 0 Å². The predicted molar refractivity (Wildman–Crippen MR) is 78.0 cm³/mol. The molecule has 0 aliphatic carbocycles. The highest BCUT2D eigenvalue weighted by Crippen LogP contribution is 2.26. The highest BCUT2D eigenvalue weighted by atomic mass is 35.5. The van der Waals surface area contributed by atoms with Crippen LogP contribution < -0.4 is 5.32 Å². The topological polar surface area (TPSA) is 61.8 Å². The van der Waals surface area contributed by atoms with Gasteiger partial charge < -0.3 is 20.1 Å². The number of aliphatic hydroxyl groups excluding tert-OH is 1. The maximum Gasteiger partial charge on any atom is 0.322 e. The molecule has 0 aromatic heterocycles. The Labute approximate surface area is 123 Å². The fourth-order valence-electron chi connectivity index (χ4n) is 2.45. The van der Waals surface area contributed by atoms with E-state index in [4.69, 9.17) is 16.3 Å². The SMILES string of the molecule is COCc1c(Cl)cccc1NC(=O)N1CCCC1CO. The predicted octanol–water partition coefficient (Wildman–Crippen LogP) is 2.48. The van der Waals surface area contributed by atoms with Crippen LogP contribution in [-0.2, 0) is 11.3 Å². The number of ether oxygens (including phenoxy) is 1. The zero-order valence-corrected chi connectivity index (χ0v) is 12.2. The molecule has 110 valence electrons. The number of halogens is 1. The van der Waals surface area contributed by atoms with Gasteiger partial charge in [0, 0.05) is 29.9 Å². The molecule has 1 fully saturated rings. The summed E-state index contributed by atoms with van der Waals surface area (Å²) in [6.07, 6.45) is 1.75. The zero-order chi connectivity index (χ0) is 14.5. The van der Waals surface area contributed by atoms with Crippen molar-refractivity contribution in [1.29, 1.82) is 0 Å². The van der Waals surface area contributed by atoms with Crippen LogP contribution in [0.15, 0.2) is 18.2 Å². The number of hydrogen-bond acceptors (Lipinski definition) is 3. The van der Waals surface area contributed by atoms with Crippen molar-refractivity contribution >= 4 is 23.3 Å².